The minimum absolute atomic E-state index is 0.0314. The van der Waals surface area contributed by atoms with E-state index in [0.29, 0.717) is 51.2 Å². The Kier molecular flexibility index (Phi) is 16.0. The number of piperidine rings is 1. The van der Waals surface area contributed by atoms with Gasteiger partial charge in [0.1, 0.15) is 12.1 Å². The minimum atomic E-state index is -0.725. The number of carbonyl (C=O) groups excluding carboxylic acids is 6. The molecule has 6 amide bonds. The Labute approximate surface area is 358 Å². The number of unbranched alkanes of at least 4 members (excludes halogenated alkanes) is 2. The van der Waals surface area contributed by atoms with Crippen molar-refractivity contribution in [2.24, 2.45) is 5.73 Å². The highest BCUT2D eigenvalue weighted by Gasteiger charge is 2.41. The van der Waals surface area contributed by atoms with Crippen LogP contribution >= 0.6 is 0 Å². The molecule has 14 heteroatoms. The normalized spacial score (nSPS) is 17.6. The molecule has 1 unspecified atom stereocenters. The largest absolute Gasteiger partial charge is 0.381 e. The molecule has 3 heterocycles. The van der Waals surface area contributed by atoms with Gasteiger partial charge in [0.2, 0.25) is 35.9 Å². The second kappa shape index (κ2) is 21.8. The summed E-state index contributed by atoms with van der Waals surface area (Å²) in [4.78, 5) is 79.6. The molecule has 0 bridgehead atoms. The number of hydrogen-bond donors (Lipinski definition) is 3. The fraction of sp³-hybridized carbons (Fsp3) is 0.489. The van der Waals surface area contributed by atoms with Gasteiger partial charge in [-0.15, -0.1) is 0 Å². The van der Waals surface area contributed by atoms with Gasteiger partial charge >= 0.3 is 0 Å². The highest BCUT2D eigenvalue weighted by atomic mass is 16.5. The van der Waals surface area contributed by atoms with E-state index in [1.165, 1.54) is 10.5 Å². The van der Waals surface area contributed by atoms with Crippen molar-refractivity contribution in [2.45, 2.75) is 115 Å². The van der Waals surface area contributed by atoms with Gasteiger partial charge in [-0.05, 0) is 97.7 Å². The average Bonchev–Trinajstić information content (AvgIpc) is 3.56. The smallest absolute Gasteiger partial charge is 0.249 e. The molecule has 0 radical (unpaired) electrons. The number of hydrogen-bond acceptors (Lipinski definition) is 9. The molecule has 61 heavy (non-hydrogen) atoms. The van der Waals surface area contributed by atoms with Crippen LogP contribution in [0.3, 0.4) is 0 Å². The van der Waals surface area contributed by atoms with Crippen molar-refractivity contribution >= 4 is 53.0 Å². The van der Waals surface area contributed by atoms with Gasteiger partial charge in [-0.2, -0.15) is 0 Å². The van der Waals surface area contributed by atoms with Crippen LogP contribution in [0, 0.1) is 0 Å². The molecule has 3 aromatic carbocycles. The second-order valence-electron chi connectivity index (χ2n) is 16.5. The summed E-state index contributed by atoms with van der Waals surface area (Å²) in [5.74, 6) is -1.50. The molecule has 1 fully saturated rings. The van der Waals surface area contributed by atoms with E-state index in [-0.39, 0.29) is 43.6 Å². The van der Waals surface area contributed by atoms with Crippen LogP contribution in [0.2, 0.25) is 0 Å². The fourth-order valence-corrected chi connectivity index (χ4v) is 8.50. The maximum Gasteiger partial charge on any atom is 0.249 e. The van der Waals surface area contributed by atoms with Crippen molar-refractivity contribution in [3.05, 3.63) is 88.5 Å². The molecule has 326 valence electrons. The molecule has 0 aliphatic carbocycles. The number of imide groups is 1. The van der Waals surface area contributed by atoms with E-state index in [0.717, 1.165) is 85.0 Å². The van der Waals surface area contributed by atoms with Crippen molar-refractivity contribution in [1.29, 1.82) is 0 Å². The monoisotopic (exact) mass is 836 g/mol. The lowest BCUT2D eigenvalue weighted by Crippen LogP contribution is -2.52. The quantitative estimate of drug-likeness (QED) is 0.0707. The van der Waals surface area contributed by atoms with Crippen LogP contribution in [0.15, 0.2) is 60.7 Å². The zero-order valence-corrected chi connectivity index (χ0v) is 35.5. The molecule has 0 spiro atoms. The first-order valence-electron chi connectivity index (χ1n) is 21.6. The summed E-state index contributed by atoms with van der Waals surface area (Å²) in [5, 5.41) is 5.40. The average molecular weight is 837 g/mol. The number of para-hydroxylation sites is 1. The third-order valence-electron chi connectivity index (χ3n) is 11.7. The van der Waals surface area contributed by atoms with E-state index in [1.807, 2.05) is 55.4 Å². The van der Waals surface area contributed by atoms with Gasteiger partial charge < -0.3 is 30.3 Å². The van der Waals surface area contributed by atoms with E-state index in [9.17, 15) is 28.8 Å². The lowest BCUT2D eigenvalue weighted by atomic mass is 10.0. The van der Waals surface area contributed by atoms with E-state index >= 15 is 0 Å². The number of rotatable bonds is 23. The SMILES string of the molecule is CN(C)c1cc(CCCOCCCCCc2ccc(COC[C@H](CCC(N)=O)NC(=O)[C@@H]3Cc4cccc5c4N3C(=O)CCC5)cc2)ccc1N(C=O)C1CCC(=O)NC1=O. The number of primary amides is 1. The van der Waals surface area contributed by atoms with Crippen LogP contribution in [0.4, 0.5) is 17.1 Å². The first kappa shape index (κ1) is 44.9. The first-order valence-corrected chi connectivity index (χ1v) is 21.6. The summed E-state index contributed by atoms with van der Waals surface area (Å²) < 4.78 is 12.0. The Morgan fingerprint density at radius 1 is 0.885 bits per heavy atom. The van der Waals surface area contributed by atoms with Crippen LogP contribution in [0.5, 0.6) is 0 Å². The number of benzene rings is 3. The van der Waals surface area contributed by atoms with Crippen LogP contribution in [0.25, 0.3) is 0 Å². The van der Waals surface area contributed by atoms with Crippen molar-refractivity contribution in [1.82, 2.24) is 10.6 Å². The predicted octanol–water partition coefficient (Wildman–Crippen LogP) is 4.44. The molecule has 3 atom stereocenters. The highest BCUT2D eigenvalue weighted by molar-refractivity contribution is 6.05. The van der Waals surface area contributed by atoms with Crippen molar-refractivity contribution < 1.29 is 38.2 Å². The molecule has 0 saturated carbocycles. The van der Waals surface area contributed by atoms with Gasteiger partial charge in [-0.3, -0.25) is 39.0 Å². The van der Waals surface area contributed by atoms with Crippen LogP contribution in [-0.4, -0.2) is 88.0 Å². The van der Waals surface area contributed by atoms with E-state index in [2.05, 4.69) is 34.9 Å². The van der Waals surface area contributed by atoms with Gasteiger partial charge in [-0.1, -0.05) is 55.0 Å². The fourth-order valence-electron chi connectivity index (χ4n) is 8.50. The van der Waals surface area contributed by atoms with Crippen LogP contribution < -0.4 is 31.1 Å². The summed E-state index contributed by atoms with van der Waals surface area (Å²) in [5.41, 5.74) is 13.3. The number of aryl methyl sites for hydroxylation is 3. The lowest BCUT2D eigenvalue weighted by molar-refractivity contribution is -0.135. The molecular formula is C47H60N6O8. The molecule has 14 nitrogen and oxygen atoms in total. The van der Waals surface area contributed by atoms with E-state index in [1.54, 1.807) is 4.90 Å². The lowest BCUT2D eigenvalue weighted by Gasteiger charge is -2.32. The topological polar surface area (TPSA) is 181 Å². The molecule has 0 aromatic heterocycles. The van der Waals surface area contributed by atoms with Gasteiger partial charge in [0.15, 0.2) is 0 Å². The third kappa shape index (κ3) is 12.0. The number of anilines is 3. The number of ether oxygens (including phenoxy) is 2. The van der Waals surface area contributed by atoms with Gasteiger partial charge in [0, 0.05) is 53.0 Å². The van der Waals surface area contributed by atoms with Crippen molar-refractivity contribution in [2.75, 3.05) is 48.6 Å². The number of amides is 6. The van der Waals surface area contributed by atoms with Gasteiger partial charge in [-0.25, -0.2) is 0 Å². The molecule has 3 aliphatic rings. The Balaban J connectivity index is 0.867. The Hall–Kier alpha value is -5.60. The van der Waals surface area contributed by atoms with Crippen molar-refractivity contribution in [3.63, 3.8) is 0 Å². The summed E-state index contributed by atoms with van der Waals surface area (Å²) >= 11 is 0. The van der Waals surface area contributed by atoms with Crippen LogP contribution in [-0.2, 0) is 70.5 Å². The Bertz CT molecular complexity index is 2040. The summed E-state index contributed by atoms with van der Waals surface area (Å²) in [6.07, 6.45) is 9.75. The third-order valence-corrected chi connectivity index (χ3v) is 11.7. The maximum absolute atomic E-state index is 13.6. The Morgan fingerprint density at radius 3 is 2.38 bits per heavy atom. The number of nitrogens with one attached hydrogen (secondary N) is 2. The summed E-state index contributed by atoms with van der Waals surface area (Å²) in [7, 11) is 3.80. The molecule has 6 rings (SSSR count). The molecule has 1 saturated heterocycles. The van der Waals surface area contributed by atoms with Crippen LogP contribution in [0.1, 0.15) is 92.0 Å². The van der Waals surface area contributed by atoms with Gasteiger partial charge in [0.05, 0.1) is 36.3 Å². The zero-order valence-electron chi connectivity index (χ0n) is 35.5. The molecule has 4 N–H and O–H groups in total. The summed E-state index contributed by atoms with van der Waals surface area (Å²) in [6.45, 7) is 1.91. The van der Waals surface area contributed by atoms with E-state index < -0.39 is 29.9 Å². The molecule has 3 aliphatic heterocycles. The first-order chi connectivity index (χ1) is 29.5. The minimum Gasteiger partial charge on any atom is -0.381 e. The zero-order chi connectivity index (χ0) is 43.3. The number of nitrogens with zero attached hydrogens (tertiary/aromatic N) is 3. The molecular weight excluding hydrogens is 777 g/mol. The highest BCUT2D eigenvalue weighted by Crippen LogP contribution is 2.39. The van der Waals surface area contributed by atoms with Gasteiger partial charge in [0.25, 0.3) is 0 Å². The standard InChI is InChI=1S/C47H60N6O8/c1-51(2)40-27-33(19-21-38(40)52(31-54)39-22-24-43(56)50-46(39)58)10-8-26-60-25-5-3-4-9-32-15-17-34(18-16-32)29-61-30-37(20-23-42(48)55)49-47(59)41-28-36-13-6-11-35-12-7-14-44(57)53(41)45(35)36/h6,11,13,15-19,21,27,31,37,39,41H,3-5,7-10,12,14,20,22-26,28-30H2,1-2H3,(H2,48,55)(H,49,59)(H,50,56,58)/t37-,39?,41-/m0/s1. The number of nitrogens with two attached hydrogens (primary N) is 1. The predicted molar refractivity (Wildman–Crippen MR) is 233 cm³/mol. The maximum atomic E-state index is 13.6. The van der Waals surface area contributed by atoms with E-state index in [4.69, 9.17) is 15.2 Å². The number of carbonyl (C=O) groups is 6. The molecule has 3 aromatic rings. The summed E-state index contributed by atoms with van der Waals surface area (Å²) in [6, 6.07) is 18.5. The second-order valence-corrected chi connectivity index (χ2v) is 16.5. The van der Waals surface area contributed by atoms with Crippen molar-refractivity contribution in [3.8, 4) is 0 Å². The Morgan fingerprint density at radius 2 is 1.62 bits per heavy atom.